The third-order valence-electron chi connectivity index (χ3n) is 3.98. The number of nitriles is 1. The van der Waals surface area contributed by atoms with Crippen LogP contribution in [-0.2, 0) is 11.8 Å². The van der Waals surface area contributed by atoms with Crippen LogP contribution < -0.4 is 5.73 Å². The second-order valence-electron chi connectivity index (χ2n) is 5.58. The van der Waals surface area contributed by atoms with Crippen LogP contribution in [0.25, 0.3) is 5.69 Å². The van der Waals surface area contributed by atoms with Crippen molar-refractivity contribution in [3.63, 3.8) is 0 Å². The summed E-state index contributed by atoms with van der Waals surface area (Å²) in [6, 6.07) is 7.19. The largest absolute Gasteiger partial charge is 0.464 e. The van der Waals surface area contributed by atoms with E-state index in [4.69, 9.17) is 22.1 Å². The quantitative estimate of drug-likeness (QED) is 0.667. The minimum Gasteiger partial charge on any atom is -0.464 e. The molecule has 0 aliphatic rings. The van der Waals surface area contributed by atoms with Crippen molar-refractivity contribution >= 4 is 35.0 Å². The van der Waals surface area contributed by atoms with Crippen molar-refractivity contribution in [1.29, 1.82) is 5.26 Å². The Balaban J connectivity index is 2.20. The molecular formula is C17H15ClN6O2S. The lowest BCUT2D eigenvalue weighted by Crippen LogP contribution is -2.11. The second kappa shape index (κ2) is 7.34. The van der Waals surface area contributed by atoms with Crippen molar-refractivity contribution in [2.24, 2.45) is 7.05 Å². The number of benzene rings is 1. The van der Waals surface area contributed by atoms with Crippen molar-refractivity contribution in [3.8, 4) is 11.8 Å². The molecule has 3 aromatic rings. The van der Waals surface area contributed by atoms with Gasteiger partial charge in [0.25, 0.3) is 0 Å². The number of hydrogen-bond acceptors (Lipinski definition) is 7. The number of carbonyl (C=O) groups excluding carboxylic acids is 1. The first-order valence-corrected chi connectivity index (χ1v) is 8.89. The summed E-state index contributed by atoms with van der Waals surface area (Å²) in [5, 5.41) is 18.6. The van der Waals surface area contributed by atoms with E-state index in [9.17, 15) is 10.1 Å². The molecule has 8 nitrogen and oxygen atoms in total. The zero-order valence-electron chi connectivity index (χ0n) is 14.7. The van der Waals surface area contributed by atoms with Gasteiger partial charge in [-0.05, 0) is 36.9 Å². The maximum absolute atomic E-state index is 12.3. The number of aromatic nitrogens is 4. The number of hydrogen-bond donors (Lipinski definition) is 1. The lowest BCUT2D eigenvalue weighted by molar-refractivity contribution is 0.0593. The molecule has 0 aliphatic carbocycles. The van der Waals surface area contributed by atoms with Crippen molar-refractivity contribution in [1.82, 2.24) is 19.3 Å². The Morgan fingerprint density at radius 3 is 2.74 bits per heavy atom. The van der Waals surface area contributed by atoms with E-state index in [2.05, 4.69) is 10.2 Å². The Morgan fingerprint density at radius 2 is 2.15 bits per heavy atom. The van der Waals surface area contributed by atoms with Gasteiger partial charge in [-0.15, -0.1) is 10.2 Å². The third-order valence-corrected chi connectivity index (χ3v) is 5.32. The van der Waals surface area contributed by atoms with Gasteiger partial charge in [0, 0.05) is 23.2 Å². The van der Waals surface area contributed by atoms with E-state index < -0.39 is 5.97 Å². The average molecular weight is 403 g/mol. The number of aryl methyl sites for hydroxylation is 1. The van der Waals surface area contributed by atoms with Crippen molar-refractivity contribution < 1.29 is 9.53 Å². The van der Waals surface area contributed by atoms with E-state index in [1.165, 1.54) is 29.6 Å². The number of rotatable bonds is 4. The number of anilines is 1. The SMILES string of the molecule is COC(=O)c1c(N)c(C#N)cn1-c1cc(Cl)ccc1Sc1nnc(C)n1C. The highest BCUT2D eigenvalue weighted by Crippen LogP contribution is 2.36. The molecule has 27 heavy (non-hydrogen) atoms. The van der Waals surface area contributed by atoms with Crippen LogP contribution in [0.4, 0.5) is 5.69 Å². The van der Waals surface area contributed by atoms with Gasteiger partial charge in [-0.1, -0.05) is 11.6 Å². The van der Waals surface area contributed by atoms with Gasteiger partial charge >= 0.3 is 5.97 Å². The summed E-state index contributed by atoms with van der Waals surface area (Å²) in [6.45, 7) is 1.85. The van der Waals surface area contributed by atoms with Crippen LogP contribution in [0.3, 0.4) is 0 Å². The molecule has 138 valence electrons. The number of ether oxygens (including phenoxy) is 1. The smallest absolute Gasteiger partial charge is 0.357 e. The Labute approximate surface area is 164 Å². The van der Waals surface area contributed by atoms with Gasteiger partial charge in [0.05, 0.1) is 24.0 Å². The summed E-state index contributed by atoms with van der Waals surface area (Å²) in [5.74, 6) is 0.111. The van der Waals surface area contributed by atoms with Gasteiger partial charge in [0.15, 0.2) is 10.9 Å². The molecule has 2 heterocycles. The second-order valence-corrected chi connectivity index (χ2v) is 7.03. The number of esters is 1. The van der Waals surface area contributed by atoms with Gasteiger partial charge in [0.1, 0.15) is 11.9 Å². The highest BCUT2D eigenvalue weighted by Gasteiger charge is 2.24. The van der Waals surface area contributed by atoms with Gasteiger partial charge in [0.2, 0.25) is 0 Å². The Hall–Kier alpha value is -2.96. The van der Waals surface area contributed by atoms with Crippen LogP contribution in [-0.4, -0.2) is 32.4 Å². The number of nitrogens with zero attached hydrogens (tertiary/aromatic N) is 5. The van der Waals surface area contributed by atoms with E-state index in [1.807, 2.05) is 24.6 Å². The van der Waals surface area contributed by atoms with Gasteiger partial charge < -0.3 is 19.6 Å². The minimum atomic E-state index is -0.653. The molecule has 0 amide bonds. The van der Waals surface area contributed by atoms with Crippen LogP contribution in [0.15, 0.2) is 34.4 Å². The predicted octanol–water partition coefficient (Wildman–Crippen LogP) is 2.96. The van der Waals surface area contributed by atoms with Crippen LogP contribution in [0, 0.1) is 18.3 Å². The topological polar surface area (TPSA) is 112 Å². The summed E-state index contributed by atoms with van der Waals surface area (Å²) in [5.41, 5.74) is 6.84. The van der Waals surface area contributed by atoms with Crippen LogP contribution in [0.2, 0.25) is 5.02 Å². The Morgan fingerprint density at radius 1 is 1.41 bits per heavy atom. The molecule has 2 aromatic heterocycles. The highest BCUT2D eigenvalue weighted by atomic mass is 35.5. The molecule has 0 unspecified atom stereocenters. The van der Waals surface area contributed by atoms with E-state index in [1.54, 1.807) is 18.2 Å². The van der Waals surface area contributed by atoms with Gasteiger partial charge in [-0.2, -0.15) is 5.26 Å². The fourth-order valence-electron chi connectivity index (χ4n) is 2.44. The average Bonchev–Trinajstić information content (AvgIpc) is 3.16. The van der Waals surface area contributed by atoms with Crippen molar-refractivity contribution in [2.75, 3.05) is 12.8 Å². The van der Waals surface area contributed by atoms with E-state index in [-0.39, 0.29) is 16.9 Å². The zero-order chi connectivity index (χ0) is 19.7. The summed E-state index contributed by atoms with van der Waals surface area (Å²) in [6.07, 6.45) is 1.49. The molecular weight excluding hydrogens is 388 g/mol. The molecule has 0 radical (unpaired) electrons. The molecule has 0 aliphatic heterocycles. The fraction of sp³-hybridized carbons (Fsp3) is 0.176. The standard InChI is InChI=1S/C17H15ClN6O2S/c1-9-21-22-17(23(9)2)27-13-5-4-11(18)6-12(13)24-8-10(7-19)14(20)15(24)16(25)26-3/h4-6,8H,20H2,1-3H3. The first kappa shape index (κ1) is 18.8. The Kier molecular flexibility index (Phi) is 5.12. The minimum absolute atomic E-state index is 0.0507. The lowest BCUT2D eigenvalue weighted by Gasteiger charge is -2.13. The molecule has 10 heteroatoms. The predicted molar refractivity (Wildman–Crippen MR) is 101 cm³/mol. The van der Waals surface area contributed by atoms with E-state index >= 15 is 0 Å². The summed E-state index contributed by atoms with van der Waals surface area (Å²) in [4.78, 5) is 13.0. The molecule has 0 bridgehead atoms. The zero-order valence-corrected chi connectivity index (χ0v) is 16.3. The number of nitrogen functional groups attached to an aromatic ring is 1. The normalized spacial score (nSPS) is 10.6. The molecule has 3 rings (SSSR count). The van der Waals surface area contributed by atoms with E-state index in [0.717, 1.165) is 10.7 Å². The first-order valence-electron chi connectivity index (χ1n) is 7.70. The summed E-state index contributed by atoms with van der Waals surface area (Å²) >= 11 is 7.53. The van der Waals surface area contributed by atoms with Crippen LogP contribution in [0.5, 0.6) is 0 Å². The molecule has 0 saturated carbocycles. The molecule has 1 aromatic carbocycles. The molecule has 0 saturated heterocycles. The fourth-order valence-corrected chi connectivity index (χ4v) is 3.56. The monoisotopic (exact) mass is 402 g/mol. The number of halogens is 1. The Bertz CT molecular complexity index is 1080. The molecule has 0 atom stereocenters. The van der Waals surface area contributed by atoms with Crippen LogP contribution in [0.1, 0.15) is 21.9 Å². The maximum atomic E-state index is 12.3. The number of nitrogens with two attached hydrogens (primary N) is 1. The number of methoxy groups -OCH3 is 1. The summed E-state index contributed by atoms with van der Waals surface area (Å²) in [7, 11) is 3.11. The van der Waals surface area contributed by atoms with Crippen molar-refractivity contribution in [2.45, 2.75) is 17.0 Å². The van der Waals surface area contributed by atoms with E-state index in [0.29, 0.717) is 15.9 Å². The molecule has 2 N–H and O–H groups in total. The third kappa shape index (κ3) is 3.37. The highest BCUT2D eigenvalue weighted by molar-refractivity contribution is 7.99. The molecule has 0 fully saturated rings. The van der Waals surface area contributed by atoms with Crippen molar-refractivity contribution in [3.05, 3.63) is 46.5 Å². The first-order chi connectivity index (χ1) is 12.9. The van der Waals surface area contributed by atoms with Gasteiger partial charge in [-0.25, -0.2) is 4.79 Å². The lowest BCUT2D eigenvalue weighted by atomic mass is 10.2. The maximum Gasteiger partial charge on any atom is 0.357 e. The number of carbonyl (C=O) groups is 1. The van der Waals surface area contributed by atoms with Gasteiger partial charge in [-0.3, -0.25) is 0 Å². The van der Waals surface area contributed by atoms with Crippen LogP contribution >= 0.6 is 23.4 Å². The molecule has 0 spiro atoms. The summed E-state index contributed by atoms with van der Waals surface area (Å²) < 4.78 is 8.19.